The molecule has 0 aliphatic heterocycles. The smallest absolute Gasteiger partial charge is 0.340 e. The average molecular weight is 339 g/mol. The van der Waals surface area contributed by atoms with Gasteiger partial charge in [0.2, 0.25) is 10.0 Å². The van der Waals surface area contributed by atoms with Gasteiger partial charge in [-0.15, -0.1) is 0 Å². The highest BCUT2D eigenvalue weighted by molar-refractivity contribution is 7.89. The van der Waals surface area contributed by atoms with Crippen molar-refractivity contribution in [3.63, 3.8) is 0 Å². The van der Waals surface area contributed by atoms with Crippen LogP contribution in [0.25, 0.3) is 0 Å². The minimum Gasteiger partial charge on any atom is -0.465 e. The van der Waals surface area contributed by atoms with E-state index in [1.165, 1.54) is 0 Å². The third-order valence-corrected chi connectivity index (χ3v) is 4.80. The molecule has 0 aromatic heterocycles. The van der Waals surface area contributed by atoms with Crippen molar-refractivity contribution in [3.05, 3.63) is 29.6 Å². The molecule has 22 heavy (non-hydrogen) atoms. The molecule has 0 atom stereocenters. The number of ether oxygens (including phenoxy) is 1. The highest BCUT2D eigenvalue weighted by atomic mass is 32.2. The average Bonchev–Trinajstić information content (AvgIpc) is 2.35. The van der Waals surface area contributed by atoms with Gasteiger partial charge in [-0.05, 0) is 32.0 Å². The first kappa shape index (κ1) is 18.4. The molecule has 1 aromatic carbocycles. The molecule has 0 radical (unpaired) electrons. The minimum absolute atomic E-state index is 0.457. The van der Waals surface area contributed by atoms with E-state index in [0.717, 1.165) is 33.1 Å². The third-order valence-electron chi connectivity index (χ3n) is 3.14. The summed E-state index contributed by atoms with van der Waals surface area (Å²) >= 11 is 0. The second-order valence-corrected chi connectivity index (χ2v) is 6.93. The van der Waals surface area contributed by atoms with Gasteiger partial charge in [-0.1, -0.05) is 0 Å². The molecule has 0 aliphatic rings. The number of methoxy groups -OCH3 is 1. The molecule has 0 saturated heterocycles. The molecule has 1 N–H and O–H groups in total. The van der Waals surface area contributed by atoms with Crippen molar-refractivity contribution in [1.82, 2.24) is 4.72 Å². The van der Waals surface area contributed by atoms with Gasteiger partial charge in [-0.2, -0.15) is 4.72 Å². The van der Waals surface area contributed by atoms with Gasteiger partial charge in [0.15, 0.2) is 0 Å². The molecule has 0 unspecified atom stereocenters. The Kier molecular flexibility index (Phi) is 4.93. The number of hydrogen-bond donors (Lipinski definition) is 1. The van der Waals surface area contributed by atoms with Crippen molar-refractivity contribution in [2.24, 2.45) is 0 Å². The zero-order valence-electron chi connectivity index (χ0n) is 12.4. The second kappa shape index (κ2) is 5.88. The zero-order chi connectivity index (χ0) is 17.3. The first-order chi connectivity index (χ1) is 9.82. The Bertz CT molecular complexity index is 681. The first-order valence-electron chi connectivity index (χ1n) is 6.11. The van der Waals surface area contributed by atoms with E-state index in [2.05, 4.69) is 4.74 Å². The highest BCUT2D eigenvalue weighted by Gasteiger charge is 2.45. The van der Waals surface area contributed by atoms with Gasteiger partial charge in [-0.3, -0.25) is 0 Å². The lowest BCUT2D eigenvalue weighted by atomic mass is 10.00. The van der Waals surface area contributed by atoms with Gasteiger partial charge < -0.3 is 4.74 Å². The van der Waals surface area contributed by atoms with Crippen molar-refractivity contribution in [2.45, 2.75) is 37.1 Å². The lowest BCUT2D eigenvalue weighted by Crippen LogP contribution is -2.54. The van der Waals surface area contributed by atoms with E-state index in [-0.39, 0.29) is 0 Å². The standard InChI is InChI=1S/C13H16F3NO4S/c1-12(2,13(3,15)16)17-22(19,20)8-5-6-9(10(14)7-8)11(18)21-4/h5-7,17H,1-4H3. The molecule has 0 spiro atoms. The number of hydrogen-bond acceptors (Lipinski definition) is 4. The van der Waals surface area contributed by atoms with E-state index in [1.807, 2.05) is 4.72 Å². The molecule has 9 heteroatoms. The molecule has 5 nitrogen and oxygen atoms in total. The number of alkyl halides is 2. The molecular weight excluding hydrogens is 323 g/mol. The van der Waals surface area contributed by atoms with Gasteiger partial charge in [0, 0.05) is 6.92 Å². The number of sulfonamides is 1. The molecular formula is C13H16F3NO4S. The monoisotopic (exact) mass is 339 g/mol. The molecule has 0 saturated carbocycles. The van der Waals surface area contributed by atoms with E-state index in [0.29, 0.717) is 13.0 Å². The van der Waals surface area contributed by atoms with Crippen LogP contribution in [0.4, 0.5) is 13.2 Å². The Balaban J connectivity index is 3.20. The maximum atomic E-state index is 13.7. The summed E-state index contributed by atoms with van der Waals surface area (Å²) in [5.74, 6) is -5.45. The number of benzene rings is 1. The number of rotatable bonds is 5. The van der Waals surface area contributed by atoms with E-state index >= 15 is 0 Å². The van der Waals surface area contributed by atoms with Crippen LogP contribution in [0.3, 0.4) is 0 Å². The minimum atomic E-state index is -4.39. The van der Waals surface area contributed by atoms with Crippen LogP contribution in [0.5, 0.6) is 0 Å². The van der Waals surface area contributed by atoms with Crippen LogP contribution in [0.1, 0.15) is 31.1 Å². The number of esters is 1. The van der Waals surface area contributed by atoms with Gasteiger partial charge in [0.1, 0.15) is 5.82 Å². The van der Waals surface area contributed by atoms with E-state index < -0.39 is 43.7 Å². The molecule has 1 aromatic rings. The van der Waals surface area contributed by atoms with Crippen LogP contribution >= 0.6 is 0 Å². The van der Waals surface area contributed by atoms with Crippen molar-refractivity contribution in [3.8, 4) is 0 Å². The van der Waals surface area contributed by atoms with Crippen LogP contribution in [-0.2, 0) is 14.8 Å². The number of carbonyl (C=O) groups excluding carboxylic acids is 1. The quantitative estimate of drug-likeness (QED) is 0.836. The van der Waals surface area contributed by atoms with Crippen LogP contribution in [-0.4, -0.2) is 33.0 Å². The molecule has 0 aliphatic carbocycles. The van der Waals surface area contributed by atoms with Crippen LogP contribution in [0, 0.1) is 5.82 Å². The molecule has 0 heterocycles. The van der Waals surface area contributed by atoms with Crippen molar-refractivity contribution >= 4 is 16.0 Å². The third kappa shape index (κ3) is 3.77. The summed E-state index contributed by atoms with van der Waals surface area (Å²) < 4.78 is 70.8. The Labute approximate surface area is 126 Å². The van der Waals surface area contributed by atoms with Gasteiger partial charge in [-0.25, -0.2) is 26.4 Å². The lowest BCUT2D eigenvalue weighted by Gasteiger charge is -2.31. The summed E-state index contributed by atoms with van der Waals surface area (Å²) in [6.07, 6.45) is 0. The predicted octanol–water partition coefficient (Wildman–Crippen LogP) is 2.32. The highest BCUT2D eigenvalue weighted by Crippen LogP contribution is 2.29. The lowest BCUT2D eigenvalue weighted by molar-refractivity contribution is -0.0488. The van der Waals surface area contributed by atoms with Gasteiger partial charge in [0.05, 0.1) is 23.1 Å². The maximum Gasteiger partial charge on any atom is 0.340 e. The second-order valence-electron chi connectivity index (χ2n) is 5.25. The SMILES string of the molecule is COC(=O)c1ccc(S(=O)(=O)NC(C)(C)C(C)(F)F)cc1F. The van der Waals surface area contributed by atoms with E-state index in [4.69, 9.17) is 0 Å². The molecule has 1 rings (SSSR count). The largest absolute Gasteiger partial charge is 0.465 e. The normalized spacial score (nSPS) is 13.0. The number of carbonyl (C=O) groups is 1. The predicted molar refractivity (Wildman–Crippen MR) is 72.8 cm³/mol. The number of nitrogens with one attached hydrogen (secondary N) is 1. The Morgan fingerprint density at radius 3 is 2.18 bits per heavy atom. The van der Waals surface area contributed by atoms with Gasteiger partial charge >= 0.3 is 5.97 Å². The van der Waals surface area contributed by atoms with Crippen LogP contribution in [0.2, 0.25) is 0 Å². The molecule has 0 fully saturated rings. The fourth-order valence-electron chi connectivity index (χ4n) is 1.42. The van der Waals surface area contributed by atoms with E-state index in [1.54, 1.807) is 0 Å². The molecule has 0 bridgehead atoms. The first-order valence-corrected chi connectivity index (χ1v) is 7.60. The van der Waals surface area contributed by atoms with Crippen LogP contribution in [0.15, 0.2) is 23.1 Å². The topological polar surface area (TPSA) is 72.5 Å². The zero-order valence-corrected chi connectivity index (χ0v) is 13.2. The summed E-state index contributed by atoms with van der Waals surface area (Å²) in [5.41, 5.74) is -2.54. The Morgan fingerprint density at radius 1 is 1.23 bits per heavy atom. The van der Waals surface area contributed by atoms with Crippen molar-refractivity contribution in [1.29, 1.82) is 0 Å². The van der Waals surface area contributed by atoms with Crippen molar-refractivity contribution in [2.75, 3.05) is 7.11 Å². The summed E-state index contributed by atoms with van der Waals surface area (Å²) in [5, 5.41) is 0. The summed E-state index contributed by atoms with van der Waals surface area (Å²) in [6, 6.07) is 2.41. The van der Waals surface area contributed by atoms with E-state index in [9.17, 15) is 26.4 Å². The van der Waals surface area contributed by atoms with Gasteiger partial charge in [0.25, 0.3) is 5.92 Å². The summed E-state index contributed by atoms with van der Waals surface area (Å²) in [7, 11) is -3.35. The summed E-state index contributed by atoms with van der Waals surface area (Å²) in [4.78, 5) is 10.7. The maximum absolute atomic E-state index is 13.7. The summed E-state index contributed by atoms with van der Waals surface area (Å²) in [6.45, 7) is 2.57. The Morgan fingerprint density at radius 2 is 1.77 bits per heavy atom. The molecule has 124 valence electrons. The Hall–Kier alpha value is -1.61. The fraction of sp³-hybridized carbons (Fsp3) is 0.462. The van der Waals surface area contributed by atoms with Crippen LogP contribution < -0.4 is 4.72 Å². The molecule has 0 amide bonds. The van der Waals surface area contributed by atoms with Crippen molar-refractivity contribution < 1.29 is 31.1 Å². The number of halogens is 3. The fourth-order valence-corrected chi connectivity index (χ4v) is 2.90.